The summed E-state index contributed by atoms with van der Waals surface area (Å²) in [6, 6.07) is 9.48. The van der Waals surface area contributed by atoms with E-state index in [1.165, 1.54) is 0 Å². The molecule has 1 atom stereocenters. The van der Waals surface area contributed by atoms with Gasteiger partial charge in [-0.1, -0.05) is 37.3 Å². The van der Waals surface area contributed by atoms with E-state index >= 15 is 0 Å². The van der Waals surface area contributed by atoms with E-state index in [-0.39, 0.29) is 13.2 Å². The second kappa shape index (κ2) is 8.19. The van der Waals surface area contributed by atoms with E-state index in [0.29, 0.717) is 13.0 Å². The van der Waals surface area contributed by atoms with Crippen molar-refractivity contribution in [1.82, 2.24) is 5.32 Å². The molecule has 5 heteroatoms. The SMILES string of the molecule is CCNC(CO)(CCOCC(F)F)c1ccccc1. The second-order valence-electron chi connectivity index (χ2n) is 4.35. The third-order valence-corrected chi connectivity index (χ3v) is 3.03. The van der Waals surface area contributed by atoms with Gasteiger partial charge in [0.25, 0.3) is 6.43 Å². The highest BCUT2D eigenvalue weighted by molar-refractivity contribution is 5.24. The summed E-state index contributed by atoms with van der Waals surface area (Å²) < 4.78 is 29.0. The summed E-state index contributed by atoms with van der Waals surface area (Å²) in [7, 11) is 0. The van der Waals surface area contributed by atoms with Crippen molar-refractivity contribution in [3.05, 3.63) is 35.9 Å². The molecule has 1 unspecified atom stereocenters. The highest BCUT2D eigenvalue weighted by Crippen LogP contribution is 2.24. The quantitative estimate of drug-likeness (QED) is 0.677. The zero-order valence-corrected chi connectivity index (χ0v) is 11.1. The minimum atomic E-state index is -2.46. The number of halogens is 2. The average molecular weight is 273 g/mol. The van der Waals surface area contributed by atoms with Gasteiger partial charge in [0.05, 0.1) is 12.1 Å². The Morgan fingerprint density at radius 3 is 2.53 bits per heavy atom. The van der Waals surface area contributed by atoms with Crippen LogP contribution in [0, 0.1) is 0 Å². The molecular formula is C14H21F2NO2. The van der Waals surface area contributed by atoms with E-state index in [1.807, 2.05) is 37.3 Å². The number of ether oxygens (including phenoxy) is 1. The van der Waals surface area contributed by atoms with Crippen LogP contribution in [0.1, 0.15) is 18.9 Å². The molecule has 2 N–H and O–H groups in total. The molecule has 0 spiro atoms. The summed E-state index contributed by atoms with van der Waals surface area (Å²) in [5.74, 6) is 0. The smallest absolute Gasteiger partial charge is 0.261 e. The molecule has 0 aliphatic carbocycles. The van der Waals surface area contributed by atoms with Crippen molar-refractivity contribution in [2.45, 2.75) is 25.3 Å². The molecule has 1 aromatic carbocycles. The van der Waals surface area contributed by atoms with Crippen LogP contribution < -0.4 is 5.32 Å². The number of likely N-dealkylation sites (N-methyl/N-ethyl adjacent to an activating group) is 1. The van der Waals surface area contributed by atoms with Gasteiger partial charge in [-0.3, -0.25) is 0 Å². The fourth-order valence-electron chi connectivity index (χ4n) is 2.08. The van der Waals surface area contributed by atoms with Crippen LogP contribution in [0.2, 0.25) is 0 Å². The van der Waals surface area contributed by atoms with Crippen molar-refractivity contribution < 1.29 is 18.6 Å². The van der Waals surface area contributed by atoms with Crippen molar-refractivity contribution in [2.24, 2.45) is 0 Å². The molecule has 0 aliphatic heterocycles. The molecule has 0 heterocycles. The Morgan fingerprint density at radius 2 is 2.00 bits per heavy atom. The van der Waals surface area contributed by atoms with Crippen molar-refractivity contribution in [1.29, 1.82) is 0 Å². The normalized spacial score (nSPS) is 14.6. The largest absolute Gasteiger partial charge is 0.394 e. The molecule has 3 nitrogen and oxygen atoms in total. The number of hydrogen-bond acceptors (Lipinski definition) is 3. The number of aliphatic hydroxyl groups excluding tert-OH is 1. The number of hydrogen-bond donors (Lipinski definition) is 2. The fraction of sp³-hybridized carbons (Fsp3) is 0.571. The zero-order chi connectivity index (χ0) is 14.1. The average Bonchev–Trinajstić information content (AvgIpc) is 2.43. The predicted molar refractivity (Wildman–Crippen MR) is 70.3 cm³/mol. The van der Waals surface area contributed by atoms with E-state index < -0.39 is 18.6 Å². The molecule has 0 radical (unpaired) electrons. The van der Waals surface area contributed by atoms with Gasteiger partial charge < -0.3 is 15.2 Å². The lowest BCUT2D eigenvalue weighted by atomic mass is 9.87. The van der Waals surface area contributed by atoms with Crippen LogP contribution in [0.25, 0.3) is 0 Å². The molecular weight excluding hydrogens is 252 g/mol. The van der Waals surface area contributed by atoms with Crippen molar-refractivity contribution >= 4 is 0 Å². The Morgan fingerprint density at radius 1 is 1.32 bits per heavy atom. The van der Waals surface area contributed by atoms with Gasteiger partial charge in [-0.25, -0.2) is 8.78 Å². The van der Waals surface area contributed by atoms with Gasteiger partial charge in [-0.05, 0) is 18.5 Å². The number of alkyl halides is 2. The van der Waals surface area contributed by atoms with E-state index in [9.17, 15) is 13.9 Å². The van der Waals surface area contributed by atoms with Crippen LogP contribution in [-0.2, 0) is 10.3 Å². The molecule has 19 heavy (non-hydrogen) atoms. The lowest BCUT2D eigenvalue weighted by Crippen LogP contribution is -2.46. The van der Waals surface area contributed by atoms with Gasteiger partial charge in [-0.15, -0.1) is 0 Å². The van der Waals surface area contributed by atoms with Gasteiger partial charge in [-0.2, -0.15) is 0 Å². The van der Waals surface area contributed by atoms with E-state index in [0.717, 1.165) is 5.56 Å². The van der Waals surface area contributed by atoms with Gasteiger partial charge in [0.1, 0.15) is 6.61 Å². The summed E-state index contributed by atoms with van der Waals surface area (Å²) in [5, 5.41) is 12.9. The Labute approximate surface area is 112 Å². The van der Waals surface area contributed by atoms with Gasteiger partial charge in [0, 0.05) is 6.61 Å². The van der Waals surface area contributed by atoms with Crippen LogP contribution >= 0.6 is 0 Å². The van der Waals surface area contributed by atoms with E-state index in [1.54, 1.807) is 0 Å². The van der Waals surface area contributed by atoms with Crippen molar-refractivity contribution in [3.63, 3.8) is 0 Å². The van der Waals surface area contributed by atoms with E-state index in [4.69, 9.17) is 4.74 Å². The monoisotopic (exact) mass is 273 g/mol. The van der Waals surface area contributed by atoms with Crippen LogP contribution in [0.5, 0.6) is 0 Å². The van der Waals surface area contributed by atoms with Crippen molar-refractivity contribution in [2.75, 3.05) is 26.4 Å². The third kappa shape index (κ3) is 4.86. The molecule has 0 aliphatic rings. The molecule has 1 aromatic rings. The topological polar surface area (TPSA) is 41.5 Å². The molecule has 0 saturated carbocycles. The van der Waals surface area contributed by atoms with E-state index in [2.05, 4.69) is 5.32 Å². The Balaban J connectivity index is 2.70. The van der Waals surface area contributed by atoms with Crippen LogP contribution in [0.15, 0.2) is 30.3 Å². The zero-order valence-electron chi connectivity index (χ0n) is 11.1. The Hall–Kier alpha value is -1.04. The van der Waals surface area contributed by atoms with Crippen molar-refractivity contribution in [3.8, 4) is 0 Å². The van der Waals surface area contributed by atoms with Gasteiger partial charge >= 0.3 is 0 Å². The molecule has 1 rings (SSSR count). The molecule has 0 amide bonds. The molecule has 108 valence electrons. The van der Waals surface area contributed by atoms with Crippen LogP contribution in [0.4, 0.5) is 8.78 Å². The highest BCUT2D eigenvalue weighted by Gasteiger charge is 2.30. The summed E-state index contributed by atoms with van der Waals surface area (Å²) in [5.41, 5.74) is 0.290. The first-order valence-corrected chi connectivity index (χ1v) is 6.42. The fourth-order valence-corrected chi connectivity index (χ4v) is 2.08. The number of rotatable bonds is 9. The lowest BCUT2D eigenvalue weighted by molar-refractivity contribution is 0.00450. The predicted octanol–water partition coefficient (Wildman–Crippen LogP) is 2.16. The van der Waals surface area contributed by atoms with Gasteiger partial charge in [0.15, 0.2) is 0 Å². The Bertz CT molecular complexity index is 349. The first kappa shape index (κ1) is 16.0. The van der Waals surface area contributed by atoms with Gasteiger partial charge in [0.2, 0.25) is 0 Å². The maximum atomic E-state index is 12.0. The molecule has 0 bridgehead atoms. The minimum Gasteiger partial charge on any atom is -0.394 e. The maximum absolute atomic E-state index is 12.0. The number of nitrogens with one attached hydrogen (secondary N) is 1. The summed E-state index contributed by atoms with van der Waals surface area (Å²) in [4.78, 5) is 0. The molecule has 0 fully saturated rings. The second-order valence-corrected chi connectivity index (χ2v) is 4.35. The van der Waals surface area contributed by atoms with Crippen LogP contribution in [0.3, 0.4) is 0 Å². The first-order valence-electron chi connectivity index (χ1n) is 6.42. The minimum absolute atomic E-state index is 0.108. The molecule has 0 saturated heterocycles. The summed E-state index contributed by atoms with van der Waals surface area (Å²) in [6.07, 6.45) is -2.02. The lowest BCUT2D eigenvalue weighted by Gasteiger charge is -2.33. The highest BCUT2D eigenvalue weighted by atomic mass is 19.3. The number of benzene rings is 1. The first-order chi connectivity index (χ1) is 9.14. The molecule has 0 aromatic heterocycles. The Kier molecular flexibility index (Phi) is 6.91. The maximum Gasteiger partial charge on any atom is 0.261 e. The third-order valence-electron chi connectivity index (χ3n) is 3.03. The standard InChI is InChI=1S/C14H21F2NO2/c1-2-17-14(11-18,8-9-19-10-13(15)16)12-6-4-3-5-7-12/h3-7,13,17-18H,2,8-11H2,1H3. The van der Waals surface area contributed by atoms with Crippen LogP contribution in [-0.4, -0.2) is 37.9 Å². The summed E-state index contributed by atoms with van der Waals surface area (Å²) in [6.45, 7) is 2.11. The number of aliphatic hydroxyl groups is 1. The summed E-state index contributed by atoms with van der Waals surface area (Å²) >= 11 is 0.